The van der Waals surface area contributed by atoms with Crippen LogP contribution < -0.4 is 0 Å². The molecule has 1 aliphatic heterocycles. The Kier molecular flexibility index (Phi) is 5.95. The third-order valence-corrected chi connectivity index (χ3v) is 7.29. The Morgan fingerprint density at radius 1 is 1.23 bits per heavy atom. The van der Waals surface area contributed by atoms with Gasteiger partial charge >= 0.3 is 6.09 Å². The fourth-order valence-corrected chi connectivity index (χ4v) is 5.66. The highest BCUT2D eigenvalue weighted by Gasteiger charge is 2.31. The lowest BCUT2D eigenvalue weighted by Crippen LogP contribution is -2.40. The molecule has 4 heterocycles. The van der Waals surface area contributed by atoms with Crippen LogP contribution >= 0.6 is 15.9 Å². The van der Waals surface area contributed by atoms with Crippen LogP contribution in [0.3, 0.4) is 0 Å². The van der Waals surface area contributed by atoms with Gasteiger partial charge in [0.05, 0.1) is 24.1 Å². The minimum Gasteiger partial charge on any atom is -0.444 e. The maximum absolute atomic E-state index is 12.9. The van der Waals surface area contributed by atoms with Crippen LogP contribution in [-0.4, -0.2) is 42.5 Å². The zero-order chi connectivity index (χ0) is 24.9. The zero-order valence-electron chi connectivity index (χ0n) is 20.8. The van der Waals surface area contributed by atoms with E-state index in [4.69, 9.17) is 9.72 Å². The fourth-order valence-electron chi connectivity index (χ4n) is 4.77. The van der Waals surface area contributed by atoms with E-state index in [1.54, 1.807) is 9.58 Å². The number of aromatic nitrogens is 4. The molecule has 35 heavy (non-hydrogen) atoms. The van der Waals surface area contributed by atoms with Gasteiger partial charge in [0.1, 0.15) is 5.60 Å². The van der Waals surface area contributed by atoms with Crippen molar-refractivity contribution in [1.29, 1.82) is 0 Å². The third kappa shape index (κ3) is 4.35. The molecule has 0 radical (unpaired) electrons. The van der Waals surface area contributed by atoms with Crippen molar-refractivity contribution in [2.75, 3.05) is 6.54 Å². The standard InChI is InChI=1S/C27H30BrN5O2/c1-6-22-25(28)19-10-11-32(26(34)35-27(2,3)4)16-24(19)33(22)23-9-7-8-17-12-21(29-14-20(17)23)18-13-30-31(5)15-18/h7-9,12-15H,6,10-11,16H2,1-5H3. The molecular weight excluding hydrogens is 506 g/mol. The molecule has 8 heteroatoms. The summed E-state index contributed by atoms with van der Waals surface area (Å²) in [5, 5.41) is 6.45. The first-order valence-electron chi connectivity index (χ1n) is 11.9. The number of ether oxygens (including phenoxy) is 1. The fraction of sp³-hybridized carbons (Fsp3) is 0.370. The van der Waals surface area contributed by atoms with Gasteiger partial charge in [0, 0.05) is 52.8 Å². The predicted molar refractivity (Wildman–Crippen MR) is 141 cm³/mol. The second-order valence-electron chi connectivity index (χ2n) is 10.00. The molecule has 0 unspecified atom stereocenters. The topological polar surface area (TPSA) is 65.2 Å². The molecule has 3 aromatic heterocycles. The smallest absolute Gasteiger partial charge is 0.410 e. The minimum atomic E-state index is -0.526. The normalized spacial score (nSPS) is 13.8. The highest BCUT2D eigenvalue weighted by atomic mass is 79.9. The number of fused-ring (bicyclic) bond motifs is 2. The van der Waals surface area contributed by atoms with E-state index in [0.29, 0.717) is 13.1 Å². The molecule has 1 amide bonds. The van der Waals surface area contributed by atoms with Crippen molar-refractivity contribution in [3.05, 3.63) is 64.3 Å². The van der Waals surface area contributed by atoms with E-state index < -0.39 is 5.60 Å². The van der Waals surface area contributed by atoms with E-state index in [1.165, 1.54) is 11.3 Å². The van der Waals surface area contributed by atoms with Gasteiger partial charge in [0.2, 0.25) is 0 Å². The summed E-state index contributed by atoms with van der Waals surface area (Å²) in [5.41, 5.74) is 6.01. The number of carbonyl (C=O) groups is 1. The number of hydrogen-bond donors (Lipinski definition) is 0. The zero-order valence-corrected chi connectivity index (χ0v) is 22.4. The first-order chi connectivity index (χ1) is 16.7. The van der Waals surface area contributed by atoms with Crippen LogP contribution in [0.1, 0.15) is 44.6 Å². The van der Waals surface area contributed by atoms with E-state index >= 15 is 0 Å². The number of benzene rings is 1. The van der Waals surface area contributed by atoms with E-state index in [9.17, 15) is 4.79 Å². The second-order valence-corrected chi connectivity index (χ2v) is 10.8. The van der Waals surface area contributed by atoms with Crippen LogP contribution in [0.2, 0.25) is 0 Å². The summed E-state index contributed by atoms with van der Waals surface area (Å²) in [6, 6.07) is 8.44. The number of rotatable bonds is 3. The summed E-state index contributed by atoms with van der Waals surface area (Å²) in [6.07, 6.45) is 7.11. The summed E-state index contributed by atoms with van der Waals surface area (Å²) in [4.78, 5) is 19.5. The molecule has 0 N–H and O–H groups in total. The van der Waals surface area contributed by atoms with Crippen molar-refractivity contribution in [1.82, 2.24) is 24.2 Å². The number of hydrogen-bond acceptors (Lipinski definition) is 4. The third-order valence-electron chi connectivity index (χ3n) is 6.35. The summed E-state index contributed by atoms with van der Waals surface area (Å²) < 4.78 is 10.9. The lowest BCUT2D eigenvalue weighted by atomic mass is 10.1. The van der Waals surface area contributed by atoms with E-state index in [2.05, 4.69) is 56.8 Å². The molecule has 0 bridgehead atoms. The average Bonchev–Trinajstić information content (AvgIpc) is 3.37. The van der Waals surface area contributed by atoms with Crippen molar-refractivity contribution in [2.24, 2.45) is 7.05 Å². The molecular formula is C27H30BrN5O2. The highest BCUT2D eigenvalue weighted by Crippen LogP contribution is 2.38. The van der Waals surface area contributed by atoms with Crippen molar-refractivity contribution in [3.8, 4) is 16.9 Å². The van der Waals surface area contributed by atoms with Gasteiger partial charge in [0.25, 0.3) is 0 Å². The molecule has 7 nitrogen and oxygen atoms in total. The minimum absolute atomic E-state index is 0.272. The molecule has 1 aliphatic rings. The van der Waals surface area contributed by atoms with Crippen molar-refractivity contribution in [2.45, 2.75) is 52.7 Å². The van der Waals surface area contributed by atoms with Gasteiger partial charge < -0.3 is 14.2 Å². The molecule has 1 aromatic carbocycles. The van der Waals surface area contributed by atoms with Crippen LogP contribution in [0.15, 0.2) is 47.3 Å². The van der Waals surface area contributed by atoms with Crippen LogP contribution in [0.5, 0.6) is 0 Å². The van der Waals surface area contributed by atoms with Crippen molar-refractivity contribution in [3.63, 3.8) is 0 Å². The van der Waals surface area contributed by atoms with E-state index in [0.717, 1.165) is 50.7 Å². The second kappa shape index (κ2) is 8.82. The molecule has 0 atom stereocenters. The molecule has 5 rings (SSSR count). The molecule has 0 saturated heterocycles. The Hall–Kier alpha value is -3.13. The van der Waals surface area contributed by atoms with Crippen molar-refractivity contribution >= 4 is 32.8 Å². The number of amides is 1. The molecule has 0 aliphatic carbocycles. The van der Waals surface area contributed by atoms with Crippen molar-refractivity contribution < 1.29 is 9.53 Å². The van der Waals surface area contributed by atoms with Crippen LogP contribution in [0.25, 0.3) is 27.7 Å². The summed E-state index contributed by atoms with van der Waals surface area (Å²) in [6.45, 7) is 9.00. The van der Waals surface area contributed by atoms with Gasteiger partial charge in [-0.25, -0.2) is 4.79 Å². The first kappa shape index (κ1) is 23.6. The van der Waals surface area contributed by atoms with Gasteiger partial charge in [-0.3, -0.25) is 9.67 Å². The number of nitrogens with zero attached hydrogens (tertiary/aromatic N) is 5. The molecule has 0 spiro atoms. The highest BCUT2D eigenvalue weighted by molar-refractivity contribution is 9.10. The number of halogens is 1. The Morgan fingerprint density at radius 3 is 2.71 bits per heavy atom. The lowest BCUT2D eigenvalue weighted by Gasteiger charge is -2.31. The van der Waals surface area contributed by atoms with Gasteiger partial charge in [-0.1, -0.05) is 19.1 Å². The summed E-state index contributed by atoms with van der Waals surface area (Å²) in [7, 11) is 1.91. The predicted octanol–water partition coefficient (Wildman–Crippen LogP) is 6.04. The van der Waals surface area contributed by atoms with Gasteiger partial charge in [-0.2, -0.15) is 5.10 Å². The Balaban J connectivity index is 1.61. The SMILES string of the molecule is CCc1c(Br)c2c(n1-c1cccc3cc(-c4cnn(C)c4)ncc13)CN(C(=O)OC(C)(C)C)CC2. The Bertz CT molecular complexity index is 1430. The summed E-state index contributed by atoms with van der Waals surface area (Å²) in [5.74, 6) is 0. The average molecular weight is 536 g/mol. The van der Waals surface area contributed by atoms with E-state index in [-0.39, 0.29) is 6.09 Å². The molecule has 4 aromatic rings. The molecule has 182 valence electrons. The lowest BCUT2D eigenvalue weighted by molar-refractivity contribution is 0.0220. The Labute approximate surface area is 213 Å². The monoisotopic (exact) mass is 535 g/mol. The number of carbonyl (C=O) groups excluding carboxylic acids is 1. The quantitative estimate of drug-likeness (QED) is 0.320. The summed E-state index contributed by atoms with van der Waals surface area (Å²) >= 11 is 3.88. The van der Waals surface area contributed by atoms with Crippen LogP contribution in [-0.2, 0) is 31.2 Å². The van der Waals surface area contributed by atoms with Crippen LogP contribution in [0, 0.1) is 0 Å². The van der Waals surface area contributed by atoms with Gasteiger partial charge in [-0.05, 0) is 72.6 Å². The Morgan fingerprint density at radius 2 is 2.03 bits per heavy atom. The molecule has 0 fully saturated rings. The van der Waals surface area contributed by atoms with Gasteiger partial charge in [-0.15, -0.1) is 0 Å². The maximum Gasteiger partial charge on any atom is 0.410 e. The largest absolute Gasteiger partial charge is 0.444 e. The number of pyridine rings is 1. The van der Waals surface area contributed by atoms with Crippen LogP contribution in [0.4, 0.5) is 4.79 Å². The maximum atomic E-state index is 12.9. The first-order valence-corrected chi connectivity index (χ1v) is 12.7. The van der Waals surface area contributed by atoms with E-state index in [1.807, 2.05) is 46.4 Å². The molecule has 0 saturated carbocycles. The van der Waals surface area contributed by atoms with Gasteiger partial charge in [0.15, 0.2) is 0 Å². The number of aryl methyl sites for hydroxylation is 1.